The molecule has 0 saturated heterocycles. The lowest BCUT2D eigenvalue weighted by Gasteiger charge is -2.08. The number of fused-ring (bicyclic) bond motifs is 1. The van der Waals surface area contributed by atoms with Crippen LogP contribution in [0.15, 0.2) is 12.4 Å². The van der Waals surface area contributed by atoms with Crippen LogP contribution in [0.3, 0.4) is 0 Å². The van der Waals surface area contributed by atoms with Crippen LogP contribution in [0.5, 0.6) is 0 Å². The molecule has 2 heterocycles. The molecule has 0 amide bonds. The van der Waals surface area contributed by atoms with Crippen LogP contribution in [0, 0.1) is 0 Å². The van der Waals surface area contributed by atoms with Crippen molar-refractivity contribution < 1.29 is 0 Å². The van der Waals surface area contributed by atoms with E-state index in [-0.39, 0.29) is 6.04 Å². The summed E-state index contributed by atoms with van der Waals surface area (Å²) in [6, 6.07) is 0.283. The van der Waals surface area contributed by atoms with Gasteiger partial charge in [-0.05, 0) is 19.9 Å². The predicted molar refractivity (Wildman–Crippen MR) is 61.9 cm³/mol. The molecule has 5 heteroatoms. The van der Waals surface area contributed by atoms with Gasteiger partial charge in [-0.3, -0.25) is 0 Å². The molecule has 0 aliphatic rings. The van der Waals surface area contributed by atoms with Crippen molar-refractivity contribution in [1.29, 1.82) is 0 Å². The minimum atomic E-state index is 0.283. The average Bonchev–Trinajstić information content (AvgIpc) is 2.69. The molecule has 15 heavy (non-hydrogen) atoms. The molecule has 0 aromatic carbocycles. The van der Waals surface area contributed by atoms with E-state index >= 15 is 0 Å². The van der Waals surface area contributed by atoms with Gasteiger partial charge in [0.05, 0.1) is 6.04 Å². The van der Waals surface area contributed by atoms with E-state index in [0.717, 1.165) is 28.5 Å². The van der Waals surface area contributed by atoms with E-state index in [1.165, 1.54) is 0 Å². The molecule has 1 unspecified atom stereocenters. The molecule has 0 radical (unpaired) electrons. The van der Waals surface area contributed by atoms with Gasteiger partial charge in [0.2, 0.25) is 0 Å². The van der Waals surface area contributed by atoms with E-state index in [1.807, 2.05) is 0 Å². The van der Waals surface area contributed by atoms with Gasteiger partial charge in [-0.2, -0.15) is 0 Å². The lowest BCUT2D eigenvalue weighted by molar-refractivity contribution is 0.569. The number of rotatable bonds is 4. The van der Waals surface area contributed by atoms with Crippen LogP contribution in [0.4, 0.5) is 0 Å². The highest BCUT2D eigenvalue weighted by Gasteiger charge is 2.11. The van der Waals surface area contributed by atoms with Crippen molar-refractivity contribution in [3.05, 3.63) is 17.4 Å². The van der Waals surface area contributed by atoms with Gasteiger partial charge >= 0.3 is 0 Å². The SMILES string of the molecule is CCCNC(C)c1nc2nccnc2s1. The third kappa shape index (κ3) is 2.30. The van der Waals surface area contributed by atoms with E-state index in [2.05, 4.69) is 34.1 Å². The van der Waals surface area contributed by atoms with Crippen molar-refractivity contribution >= 4 is 21.8 Å². The van der Waals surface area contributed by atoms with Gasteiger partial charge in [0, 0.05) is 12.4 Å². The Morgan fingerprint density at radius 3 is 2.93 bits per heavy atom. The first kappa shape index (κ1) is 10.4. The predicted octanol–water partition coefficient (Wildman–Crippen LogP) is 2.15. The Kier molecular flexibility index (Phi) is 3.23. The zero-order valence-corrected chi connectivity index (χ0v) is 9.71. The van der Waals surface area contributed by atoms with Gasteiger partial charge in [-0.15, -0.1) is 0 Å². The summed E-state index contributed by atoms with van der Waals surface area (Å²) in [5.74, 6) is 0. The molecule has 0 fully saturated rings. The first-order valence-electron chi connectivity index (χ1n) is 5.12. The second-order valence-corrected chi connectivity index (χ2v) is 4.42. The number of hydrogen-bond donors (Lipinski definition) is 1. The van der Waals surface area contributed by atoms with Crippen molar-refractivity contribution in [2.45, 2.75) is 26.3 Å². The average molecular weight is 222 g/mol. The van der Waals surface area contributed by atoms with Crippen LogP contribution >= 0.6 is 11.3 Å². The second-order valence-electron chi connectivity index (χ2n) is 3.41. The minimum Gasteiger partial charge on any atom is -0.308 e. The van der Waals surface area contributed by atoms with E-state index in [0.29, 0.717) is 0 Å². The molecular formula is C10H14N4S. The summed E-state index contributed by atoms with van der Waals surface area (Å²) in [5, 5.41) is 4.46. The van der Waals surface area contributed by atoms with Crippen LogP contribution < -0.4 is 5.32 Å². The fourth-order valence-corrected chi connectivity index (χ4v) is 2.22. The number of nitrogens with zero attached hydrogens (tertiary/aromatic N) is 3. The molecule has 2 aromatic heterocycles. The van der Waals surface area contributed by atoms with Gasteiger partial charge in [0.1, 0.15) is 5.01 Å². The Balaban J connectivity index is 2.20. The van der Waals surface area contributed by atoms with E-state index < -0.39 is 0 Å². The number of thiazole rings is 1. The maximum Gasteiger partial charge on any atom is 0.189 e. The number of aromatic nitrogens is 3. The summed E-state index contributed by atoms with van der Waals surface area (Å²) in [6.07, 6.45) is 4.51. The smallest absolute Gasteiger partial charge is 0.189 e. The summed E-state index contributed by atoms with van der Waals surface area (Å²) < 4.78 is 0. The van der Waals surface area contributed by atoms with Gasteiger partial charge in [-0.1, -0.05) is 18.3 Å². The zero-order chi connectivity index (χ0) is 10.7. The number of hydrogen-bond acceptors (Lipinski definition) is 5. The molecule has 0 spiro atoms. The summed E-state index contributed by atoms with van der Waals surface area (Å²) >= 11 is 1.61. The van der Waals surface area contributed by atoms with Gasteiger partial charge in [0.25, 0.3) is 0 Å². The van der Waals surface area contributed by atoms with Crippen molar-refractivity contribution in [2.75, 3.05) is 6.54 Å². The molecule has 1 N–H and O–H groups in total. The Morgan fingerprint density at radius 2 is 2.20 bits per heavy atom. The highest BCUT2D eigenvalue weighted by Crippen LogP contribution is 2.22. The van der Waals surface area contributed by atoms with E-state index in [1.54, 1.807) is 23.7 Å². The fourth-order valence-electron chi connectivity index (χ4n) is 1.33. The highest BCUT2D eigenvalue weighted by molar-refractivity contribution is 7.18. The summed E-state index contributed by atoms with van der Waals surface area (Å²) in [6.45, 7) is 5.28. The third-order valence-electron chi connectivity index (χ3n) is 2.13. The first-order valence-corrected chi connectivity index (χ1v) is 5.93. The lowest BCUT2D eigenvalue weighted by Crippen LogP contribution is -2.18. The molecule has 0 bridgehead atoms. The van der Waals surface area contributed by atoms with Crippen molar-refractivity contribution in [2.24, 2.45) is 0 Å². The van der Waals surface area contributed by atoms with E-state index in [9.17, 15) is 0 Å². The maximum atomic E-state index is 4.45. The quantitative estimate of drug-likeness (QED) is 0.861. The molecule has 80 valence electrons. The van der Waals surface area contributed by atoms with Crippen molar-refractivity contribution in [3.8, 4) is 0 Å². The molecule has 0 aliphatic heterocycles. The standard InChI is InChI=1S/C10H14N4S/c1-3-4-11-7(2)9-14-8-10(15-9)13-6-5-12-8/h5-7,11H,3-4H2,1-2H3. The van der Waals surface area contributed by atoms with E-state index in [4.69, 9.17) is 0 Å². The lowest BCUT2D eigenvalue weighted by atomic mass is 10.3. The largest absolute Gasteiger partial charge is 0.308 e. The fraction of sp³-hybridized carbons (Fsp3) is 0.500. The normalized spacial score (nSPS) is 13.2. The Labute approximate surface area is 92.8 Å². The van der Waals surface area contributed by atoms with Crippen LogP contribution in [0.1, 0.15) is 31.3 Å². The second kappa shape index (κ2) is 4.63. The van der Waals surface area contributed by atoms with Gasteiger partial charge in [0.15, 0.2) is 10.5 Å². The summed E-state index contributed by atoms with van der Waals surface area (Å²) in [7, 11) is 0. The molecule has 0 aliphatic carbocycles. The molecule has 2 rings (SSSR count). The molecule has 4 nitrogen and oxygen atoms in total. The first-order chi connectivity index (χ1) is 7.31. The monoisotopic (exact) mass is 222 g/mol. The van der Waals surface area contributed by atoms with Crippen LogP contribution in [-0.2, 0) is 0 Å². The summed E-state index contributed by atoms with van der Waals surface area (Å²) in [4.78, 5) is 13.8. The maximum absolute atomic E-state index is 4.45. The van der Waals surface area contributed by atoms with Gasteiger partial charge < -0.3 is 5.32 Å². The Morgan fingerprint density at radius 1 is 1.40 bits per heavy atom. The highest BCUT2D eigenvalue weighted by atomic mass is 32.1. The molecular weight excluding hydrogens is 208 g/mol. The Hall–Kier alpha value is -1.07. The topological polar surface area (TPSA) is 50.7 Å². The molecule has 0 saturated carbocycles. The Bertz CT molecular complexity index is 407. The van der Waals surface area contributed by atoms with Gasteiger partial charge in [-0.25, -0.2) is 15.0 Å². The van der Waals surface area contributed by atoms with Crippen molar-refractivity contribution in [3.63, 3.8) is 0 Å². The molecule has 2 aromatic rings. The van der Waals surface area contributed by atoms with Crippen LogP contribution in [0.25, 0.3) is 10.5 Å². The van der Waals surface area contributed by atoms with Crippen molar-refractivity contribution in [1.82, 2.24) is 20.3 Å². The summed E-state index contributed by atoms with van der Waals surface area (Å²) in [5.41, 5.74) is 0.752. The van der Waals surface area contributed by atoms with Crippen LogP contribution in [-0.4, -0.2) is 21.5 Å². The third-order valence-corrected chi connectivity index (χ3v) is 3.27. The zero-order valence-electron chi connectivity index (χ0n) is 8.90. The molecule has 1 atom stereocenters. The minimum absolute atomic E-state index is 0.283. The van der Waals surface area contributed by atoms with Crippen LogP contribution in [0.2, 0.25) is 0 Å². The number of nitrogens with one attached hydrogen (secondary N) is 1.